The van der Waals surface area contributed by atoms with E-state index in [1.165, 1.54) is 12.8 Å². The van der Waals surface area contributed by atoms with Gasteiger partial charge in [-0.15, -0.1) is 0 Å². The van der Waals surface area contributed by atoms with E-state index in [0.717, 1.165) is 31.1 Å². The van der Waals surface area contributed by atoms with Gasteiger partial charge in [0, 0.05) is 0 Å². The molecular formula is C16H28O3. The van der Waals surface area contributed by atoms with Crippen LogP contribution >= 0.6 is 0 Å². The first-order valence-electron chi connectivity index (χ1n) is 7.63. The first-order chi connectivity index (χ1) is 8.88. The van der Waals surface area contributed by atoms with Crippen molar-refractivity contribution >= 4 is 11.9 Å². The minimum absolute atomic E-state index is 0.173. The molecule has 110 valence electrons. The fraction of sp³-hybridized carbons (Fsp3) is 0.875. The maximum absolute atomic E-state index is 11.3. The summed E-state index contributed by atoms with van der Waals surface area (Å²) in [7, 11) is 0. The van der Waals surface area contributed by atoms with Crippen LogP contribution in [-0.4, -0.2) is 11.9 Å². The van der Waals surface area contributed by atoms with Crippen LogP contribution in [0.15, 0.2) is 0 Å². The predicted octanol–water partition coefficient (Wildman–Crippen LogP) is 3.95. The molecule has 0 amide bonds. The molecule has 1 aliphatic rings. The topological polar surface area (TPSA) is 43.4 Å². The van der Waals surface area contributed by atoms with Gasteiger partial charge in [-0.25, -0.2) is 0 Å². The molecule has 1 fully saturated rings. The zero-order valence-electron chi connectivity index (χ0n) is 12.8. The Morgan fingerprint density at radius 1 is 1.11 bits per heavy atom. The summed E-state index contributed by atoms with van der Waals surface area (Å²) < 4.78 is 4.56. The van der Waals surface area contributed by atoms with E-state index in [4.69, 9.17) is 0 Å². The van der Waals surface area contributed by atoms with Crippen LogP contribution in [0.3, 0.4) is 0 Å². The summed E-state index contributed by atoms with van der Waals surface area (Å²) in [6.07, 6.45) is 5.79. The van der Waals surface area contributed by atoms with Crippen LogP contribution in [-0.2, 0) is 14.3 Å². The van der Waals surface area contributed by atoms with Crippen LogP contribution in [0.25, 0.3) is 0 Å². The third-order valence-electron chi connectivity index (χ3n) is 3.89. The van der Waals surface area contributed by atoms with Gasteiger partial charge in [-0.3, -0.25) is 9.59 Å². The molecule has 0 aliphatic carbocycles. The van der Waals surface area contributed by atoms with Crippen LogP contribution < -0.4 is 0 Å². The van der Waals surface area contributed by atoms with Crippen LogP contribution in [0, 0.1) is 23.7 Å². The lowest BCUT2D eigenvalue weighted by atomic mass is 9.87. The number of ether oxygens (including phenoxy) is 1. The Kier molecular flexibility index (Phi) is 6.53. The summed E-state index contributed by atoms with van der Waals surface area (Å²) in [5, 5.41) is 0. The lowest BCUT2D eigenvalue weighted by Gasteiger charge is -2.19. The highest BCUT2D eigenvalue weighted by molar-refractivity contribution is 5.94. The van der Waals surface area contributed by atoms with Gasteiger partial charge >= 0.3 is 11.9 Å². The minimum Gasteiger partial charge on any atom is -0.393 e. The maximum Gasteiger partial charge on any atom is 0.317 e. The van der Waals surface area contributed by atoms with Gasteiger partial charge in [0.05, 0.1) is 12.3 Å². The Hall–Kier alpha value is -0.860. The number of hydrogen-bond donors (Lipinski definition) is 0. The number of hydrogen-bond acceptors (Lipinski definition) is 3. The van der Waals surface area contributed by atoms with Gasteiger partial charge in [-0.05, 0) is 37.0 Å². The maximum atomic E-state index is 11.3. The lowest BCUT2D eigenvalue weighted by molar-refractivity contribution is -0.153. The van der Waals surface area contributed by atoms with Crippen LogP contribution in [0.4, 0.5) is 0 Å². The molecule has 1 aliphatic heterocycles. The number of carbonyl (C=O) groups excluding carboxylic acids is 2. The Bertz CT molecular complexity index is 309. The molecule has 3 unspecified atom stereocenters. The van der Waals surface area contributed by atoms with Gasteiger partial charge < -0.3 is 4.74 Å². The van der Waals surface area contributed by atoms with Crippen molar-refractivity contribution in [3.8, 4) is 0 Å². The lowest BCUT2D eigenvalue weighted by Crippen LogP contribution is -2.09. The van der Waals surface area contributed by atoms with Gasteiger partial charge in [0.1, 0.15) is 0 Å². The Morgan fingerprint density at radius 3 is 2.32 bits per heavy atom. The third kappa shape index (κ3) is 6.22. The molecule has 0 bridgehead atoms. The fourth-order valence-corrected chi connectivity index (χ4v) is 3.16. The van der Waals surface area contributed by atoms with E-state index in [1.54, 1.807) is 0 Å². The monoisotopic (exact) mass is 268 g/mol. The molecule has 0 saturated carbocycles. The van der Waals surface area contributed by atoms with Crippen LogP contribution in [0.5, 0.6) is 0 Å². The second-order valence-corrected chi connectivity index (χ2v) is 6.70. The van der Waals surface area contributed by atoms with Crippen molar-refractivity contribution in [2.45, 2.75) is 66.2 Å². The van der Waals surface area contributed by atoms with Crippen LogP contribution in [0.1, 0.15) is 66.2 Å². The third-order valence-corrected chi connectivity index (χ3v) is 3.89. The molecule has 0 N–H and O–H groups in total. The van der Waals surface area contributed by atoms with E-state index < -0.39 is 0 Å². The quantitative estimate of drug-likeness (QED) is 0.494. The SMILES string of the molecule is CC(C)CC(C)CC(C)CCCC1CC(=O)OC1=O. The zero-order valence-corrected chi connectivity index (χ0v) is 12.8. The van der Waals surface area contributed by atoms with Gasteiger partial charge in [0.15, 0.2) is 0 Å². The van der Waals surface area contributed by atoms with Crippen molar-refractivity contribution in [1.29, 1.82) is 0 Å². The highest BCUT2D eigenvalue weighted by Gasteiger charge is 2.32. The van der Waals surface area contributed by atoms with Crippen molar-refractivity contribution in [2.24, 2.45) is 23.7 Å². The molecular weight excluding hydrogens is 240 g/mol. The number of rotatable bonds is 8. The number of cyclic esters (lactones) is 2. The van der Waals surface area contributed by atoms with E-state index in [2.05, 4.69) is 32.4 Å². The summed E-state index contributed by atoms with van der Waals surface area (Å²) >= 11 is 0. The summed E-state index contributed by atoms with van der Waals surface area (Å²) in [5.74, 6) is 1.39. The molecule has 0 radical (unpaired) electrons. The largest absolute Gasteiger partial charge is 0.393 e. The molecule has 3 nitrogen and oxygen atoms in total. The normalized spacial score (nSPS) is 22.7. The van der Waals surface area contributed by atoms with Gasteiger partial charge in [-0.1, -0.05) is 40.5 Å². The molecule has 1 saturated heterocycles. The van der Waals surface area contributed by atoms with Gasteiger partial charge in [-0.2, -0.15) is 0 Å². The van der Waals surface area contributed by atoms with Crippen molar-refractivity contribution in [1.82, 2.24) is 0 Å². The van der Waals surface area contributed by atoms with Crippen molar-refractivity contribution in [3.05, 3.63) is 0 Å². The van der Waals surface area contributed by atoms with E-state index in [1.807, 2.05) is 0 Å². The van der Waals surface area contributed by atoms with Crippen molar-refractivity contribution in [2.75, 3.05) is 0 Å². The molecule has 3 atom stereocenters. The summed E-state index contributed by atoms with van der Waals surface area (Å²) in [6, 6.07) is 0. The molecule has 1 heterocycles. The number of esters is 2. The zero-order chi connectivity index (χ0) is 14.4. The first-order valence-corrected chi connectivity index (χ1v) is 7.63. The Morgan fingerprint density at radius 2 is 1.79 bits per heavy atom. The average molecular weight is 268 g/mol. The van der Waals surface area contributed by atoms with Crippen molar-refractivity contribution in [3.63, 3.8) is 0 Å². The first kappa shape index (κ1) is 16.2. The van der Waals surface area contributed by atoms with E-state index in [9.17, 15) is 9.59 Å². The highest BCUT2D eigenvalue weighted by atomic mass is 16.6. The summed E-state index contributed by atoms with van der Waals surface area (Å²) in [6.45, 7) is 9.15. The second kappa shape index (κ2) is 7.66. The highest BCUT2D eigenvalue weighted by Crippen LogP contribution is 2.26. The summed E-state index contributed by atoms with van der Waals surface area (Å²) in [4.78, 5) is 22.3. The molecule has 0 spiro atoms. The van der Waals surface area contributed by atoms with Crippen molar-refractivity contribution < 1.29 is 14.3 Å². The molecule has 3 heteroatoms. The smallest absolute Gasteiger partial charge is 0.317 e. The standard InChI is InChI=1S/C16H28O3/c1-11(2)8-13(4)9-12(3)6-5-7-14-10-15(17)19-16(14)18/h11-14H,5-10H2,1-4H3. The molecule has 19 heavy (non-hydrogen) atoms. The molecule has 1 rings (SSSR count). The molecule has 0 aromatic rings. The van der Waals surface area contributed by atoms with Gasteiger partial charge in [0.25, 0.3) is 0 Å². The predicted molar refractivity (Wildman–Crippen MR) is 75.5 cm³/mol. The summed E-state index contributed by atoms with van der Waals surface area (Å²) in [5.41, 5.74) is 0. The van der Waals surface area contributed by atoms with Crippen LogP contribution in [0.2, 0.25) is 0 Å². The fourth-order valence-electron chi connectivity index (χ4n) is 3.16. The molecule has 0 aromatic heterocycles. The number of carbonyl (C=O) groups is 2. The molecule has 0 aromatic carbocycles. The van der Waals surface area contributed by atoms with E-state index in [-0.39, 0.29) is 24.3 Å². The Labute approximate surface area is 117 Å². The van der Waals surface area contributed by atoms with E-state index >= 15 is 0 Å². The average Bonchev–Trinajstić information content (AvgIpc) is 2.55. The second-order valence-electron chi connectivity index (χ2n) is 6.70. The Balaban J connectivity index is 2.15. The van der Waals surface area contributed by atoms with Gasteiger partial charge in [0.2, 0.25) is 0 Å². The van der Waals surface area contributed by atoms with E-state index in [0.29, 0.717) is 5.92 Å². The minimum atomic E-state index is -0.353.